The fourth-order valence-electron chi connectivity index (χ4n) is 2.80. The first-order valence-electron chi connectivity index (χ1n) is 7.58. The normalized spacial score (nSPS) is 24.8. The molecule has 2 atom stereocenters. The van der Waals surface area contributed by atoms with E-state index in [9.17, 15) is 0 Å². The SMILES string of the molecule is CCCNCc1cc(CN2CCC(C)CC2C)on1. The summed E-state index contributed by atoms with van der Waals surface area (Å²) in [5.41, 5.74) is 1.02. The van der Waals surface area contributed by atoms with Gasteiger partial charge in [0.05, 0.1) is 12.2 Å². The van der Waals surface area contributed by atoms with Crippen molar-refractivity contribution in [1.29, 1.82) is 0 Å². The van der Waals surface area contributed by atoms with Gasteiger partial charge in [0.2, 0.25) is 0 Å². The zero-order chi connectivity index (χ0) is 13.7. The number of hydrogen-bond donors (Lipinski definition) is 1. The maximum atomic E-state index is 5.44. The zero-order valence-electron chi connectivity index (χ0n) is 12.5. The largest absolute Gasteiger partial charge is 0.360 e. The van der Waals surface area contributed by atoms with Gasteiger partial charge in [-0.3, -0.25) is 4.90 Å². The second-order valence-electron chi connectivity index (χ2n) is 5.91. The van der Waals surface area contributed by atoms with Crippen LogP contribution in [-0.4, -0.2) is 29.2 Å². The van der Waals surface area contributed by atoms with Crippen LogP contribution in [0.15, 0.2) is 10.6 Å². The highest BCUT2D eigenvalue weighted by Gasteiger charge is 2.23. The minimum Gasteiger partial charge on any atom is -0.360 e. The van der Waals surface area contributed by atoms with Crippen molar-refractivity contribution in [2.45, 2.75) is 59.2 Å². The lowest BCUT2D eigenvalue weighted by Gasteiger charge is -2.35. The minimum absolute atomic E-state index is 0.649. The molecule has 2 rings (SSSR count). The highest BCUT2D eigenvalue weighted by atomic mass is 16.5. The van der Waals surface area contributed by atoms with Crippen LogP contribution < -0.4 is 5.32 Å². The second kappa shape index (κ2) is 7.06. The molecule has 0 aliphatic carbocycles. The maximum absolute atomic E-state index is 5.44. The van der Waals surface area contributed by atoms with Crippen LogP contribution in [0.2, 0.25) is 0 Å². The van der Waals surface area contributed by atoms with E-state index in [1.165, 1.54) is 19.4 Å². The minimum atomic E-state index is 0.649. The summed E-state index contributed by atoms with van der Waals surface area (Å²) < 4.78 is 5.44. The van der Waals surface area contributed by atoms with Gasteiger partial charge in [-0.1, -0.05) is 19.0 Å². The number of nitrogens with zero attached hydrogens (tertiary/aromatic N) is 2. The van der Waals surface area contributed by atoms with Crippen LogP contribution in [0.1, 0.15) is 51.5 Å². The third-order valence-electron chi connectivity index (χ3n) is 3.98. The van der Waals surface area contributed by atoms with Gasteiger partial charge in [-0.25, -0.2) is 0 Å². The summed E-state index contributed by atoms with van der Waals surface area (Å²) in [5.74, 6) is 1.85. The van der Waals surface area contributed by atoms with E-state index in [1.54, 1.807) is 0 Å². The molecule has 1 aliphatic heterocycles. The van der Waals surface area contributed by atoms with Crippen LogP contribution >= 0.6 is 0 Å². The average molecular weight is 265 g/mol. The molecule has 19 heavy (non-hydrogen) atoms. The molecular formula is C15H27N3O. The number of nitrogens with one attached hydrogen (secondary N) is 1. The Kier molecular flexibility index (Phi) is 5.40. The molecular weight excluding hydrogens is 238 g/mol. The number of hydrogen-bond acceptors (Lipinski definition) is 4. The van der Waals surface area contributed by atoms with Crippen LogP contribution in [0.3, 0.4) is 0 Å². The van der Waals surface area contributed by atoms with Gasteiger partial charge in [-0.05, 0) is 45.2 Å². The Morgan fingerprint density at radius 2 is 2.32 bits per heavy atom. The Bertz CT molecular complexity index is 377. The summed E-state index contributed by atoms with van der Waals surface area (Å²) >= 11 is 0. The zero-order valence-corrected chi connectivity index (χ0v) is 12.5. The summed E-state index contributed by atoms with van der Waals surface area (Å²) in [6.07, 6.45) is 3.73. The molecule has 4 nitrogen and oxygen atoms in total. The molecule has 0 spiro atoms. The Balaban J connectivity index is 1.82. The summed E-state index contributed by atoms with van der Waals surface area (Å²) in [6, 6.07) is 2.74. The summed E-state index contributed by atoms with van der Waals surface area (Å²) in [5, 5.41) is 7.48. The number of likely N-dealkylation sites (tertiary alicyclic amines) is 1. The fraction of sp³-hybridized carbons (Fsp3) is 0.800. The van der Waals surface area contributed by atoms with E-state index in [4.69, 9.17) is 4.52 Å². The van der Waals surface area contributed by atoms with Gasteiger partial charge in [0.1, 0.15) is 0 Å². The maximum Gasteiger partial charge on any atom is 0.151 e. The second-order valence-corrected chi connectivity index (χ2v) is 5.91. The Morgan fingerprint density at radius 3 is 3.05 bits per heavy atom. The fourth-order valence-corrected chi connectivity index (χ4v) is 2.80. The molecule has 2 unspecified atom stereocenters. The first-order valence-corrected chi connectivity index (χ1v) is 7.58. The molecule has 0 bridgehead atoms. The smallest absolute Gasteiger partial charge is 0.151 e. The molecule has 108 valence electrons. The topological polar surface area (TPSA) is 41.3 Å². The molecule has 1 aromatic rings. The van der Waals surface area contributed by atoms with Gasteiger partial charge in [0.25, 0.3) is 0 Å². The van der Waals surface area contributed by atoms with Gasteiger partial charge in [0, 0.05) is 18.7 Å². The molecule has 4 heteroatoms. The molecule has 1 fully saturated rings. The average Bonchev–Trinajstić information content (AvgIpc) is 2.81. The van der Waals surface area contributed by atoms with E-state index in [0.717, 1.165) is 43.4 Å². The Morgan fingerprint density at radius 1 is 1.47 bits per heavy atom. The molecule has 0 saturated carbocycles. The van der Waals surface area contributed by atoms with Crippen molar-refractivity contribution in [2.75, 3.05) is 13.1 Å². The summed E-state index contributed by atoms with van der Waals surface area (Å²) in [6.45, 7) is 10.7. The number of piperidine rings is 1. The highest BCUT2D eigenvalue weighted by molar-refractivity contribution is 5.05. The lowest BCUT2D eigenvalue weighted by Crippen LogP contribution is -2.39. The van der Waals surface area contributed by atoms with E-state index in [-0.39, 0.29) is 0 Å². The standard InChI is InChI=1S/C15H27N3O/c1-4-6-16-10-14-9-15(19-17-14)11-18-7-5-12(2)8-13(18)3/h9,12-13,16H,4-8,10-11H2,1-3H3. The van der Waals surface area contributed by atoms with Crippen LogP contribution in [0.5, 0.6) is 0 Å². The van der Waals surface area contributed by atoms with E-state index in [1.807, 2.05) is 0 Å². The van der Waals surface area contributed by atoms with Crippen molar-refractivity contribution in [3.8, 4) is 0 Å². The van der Waals surface area contributed by atoms with Crippen molar-refractivity contribution < 1.29 is 4.52 Å². The molecule has 1 saturated heterocycles. The third-order valence-corrected chi connectivity index (χ3v) is 3.98. The van der Waals surface area contributed by atoms with E-state index in [0.29, 0.717) is 6.04 Å². The molecule has 0 radical (unpaired) electrons. The van der Waals surface area contributed by atoms with Crippen molar-refractivity contribution in [3.05, 3.63) is 17.5 Å². The van der Waals surface area contributed by atoms with Crippen LogP contribution in [0, 0.1) is 5.92 Å². The first kappa shape index (κ1) is 14.5. The lowest BCUT2D eigenvalue weighted by atomic mass is 9.93. The lowest BCUT2D eigenvalue weighted by molar-refractivity contribution is 0.110. The van der Waals surface area contributed by atoms with Crippen molar-refractivity contribution in [2.24, 2.45) is 5.92 Å². The Labute approximate surface area is 116 Å². The van der Waals surface area contributed by atoms with Gasteiger partial charge in [0.15, 0.2) is 5.76 Å². The van der Waals surface area contributed by atoms with Crippen LogP contribution in [0.4, 0.5) is 0 Å². The van der Waals surface area contributed by atoms with Gasteiger partial charge in [-0.2, -0.15) is 0 Å². The van der Waals surface area contributed by atoms with Gasteiger partial charge in [-0.15, -0.1) is 0 Å². The molecule has 2 heterocycles. The molecule has 1 aromatic heterocycles. The van der Waals surface area contributed by atoms with Gasteiger partial charge < -0.3 is 9.84 Å². The quantitative estimate of drug-likeness (QED) is 0.803. The Hall–Kier alpha value is -0.870. The van der Waals surface area contributed by atoms with Crippen LogP contribution in [-0.2, 0) is 13.1 Å². The predicted octanol–water partition coefficient (Wildman–Crippen LogP) is 2.79. The van der Waals surface area contributed by atoms with E-state index < -0.39 is 0 Å². The molecule has 1 N–H and O–H groups in total. The van der Waals surface area contributed by atoms with Crippen molar-refractivity contribution in [3.63, 3.8) is 0 Å². The molecule has 0 aromatic carbocycles. The van der Waals surface area contributed by atoms with Crippen LogP contribution in [0.25, 0.3) is 0 Å². The first-order chi connectivity index (χ1) is 9.19. The number of rotatable bonds is 6. The summed E-state index contributed by atoms with van der Waals surface area (Å²) in [7, 11) is 0. The van der Waals surface area contributed by atoms with E-state index in [2.05, 4.69) is 42.2 Å². The molecule has 0 amide bonds. The van der Waals surface area contributed by atoms with Crippen molar-refractivity contribution in [1.82, 2.24) is 15.4 Å². The summed E-state index contributed by atoms with van der Waals surface area (Å²) in [4.78, 5) is 2.50. The van der Waals surface area contributed by atoms with Crippen molar-refractivity contribution >= 4 is 0 Å². The van der Waals surface area contributed by atoms with E-state index >= 15 is 0 Å². The predicted molar refractivity (Wildman–Crippen MR) is 76.8 cm³/mol. The number of aromatic nitrogens is 1. The monoisotopic (exact) mass is 265 g/mol. The molecule has 1 aliphatic rings. The highest BCUT2D eigenvalue weighted by Crippen LogP contribution is 2.23. The third kappa shape index (κ3) is 4.32. The van der Waals surface area contributed by atoms with Gasteiger partial charge >= 0.3 is 0 Å².